The molecule has 1 heteroatoms. The fraction of sp³-hybridized carbons (Fsp3) is 0.385. The zero-order chi connectivity index (χ0) is 20.0. The quantitative estimate of drug-likeness (QED) is 0.532. The van der Waals surface area contributed by atoms with Crippen LogP contribution in [-0.2, 0) is 0 Å². The van der Waals surface area contributed by atoms with Crippen LogP contribution in [-0.4, -0.2) is 5.11 Å². The van der Waals surface area contributed by atoms with Crippen LogP contribution in [0, 0.1) is 12.3 Å². The standard InChI is InChI=1S/C26H34O/c1-19(12-14-24-21(3)11-8-16-26(24,5)6)9-7-10-20(2)17-23-13-15-25(27)22(4)18-23/h7,9-10,12-15,17-18,27H,8,11,16H2,1-6H3/b10-7+,14-12+,19-9+,20-17+. The molecular formula is C26H34O. The number of hydrogen-bond donors (Lipinski definition) is 1. The first kappa shape index (κ1) is 21.0. The third-order valence-electron chi connectivity index (χ3n) is 5.39. The Morgan fingerprint density at radius 1 is 1.07 bits per heavy atom. The van der Waals surface area contributed by atoms with Crippen molar-refractivity contribution < 1.29 is 5.11 Å². The van der Waals surface area contributed by atoms with Crippen LogP contribution in [0.15, 0.2) is 70.9 Å². The van der Waals surface area contributed by atoms with E-state index in [-0.39, 0.29) is 5.41 Å². The summed E-state index contributed by atoms with van der Waals surface area (Å²) in [6.45, 7) is 13.1. The maximum absolute atomic E-state index is 9.62. The number of allylic oxidation sites excluding steroid dienone is 9. The SMILES string of the molecule is CC1=C(/C=C/C(C)=C/C=C/C(C)=C/c2ccc(O)c(C)c2)C(C)(C)CCC1. The second-order valence-electron chi connectivity index (χ2n) is 8.47. The van der Waals surface area contributed by atoms with Gasteiger partial charge in [-0.3, -0.25) is 0 Å². The van der Waals surface area contributed by atoms with Gasteiger partial charge in [-0.2, -0.15) is 0 Å². The molecule has 0 bridgehead atoms. The predicted octanol–water partition coefficient (Wildman–Crippen LogP) is 7.69. The summed E-state index contributed by atoms with van der Waals surface area (Å²) in [5.41, 5.74) is 7.77. The Labute approximate surface area is 165 Å². The summed E-state index contributed by atoms with van der Waals surface area (Å²) in [6, 6.07) is 5.68. The van der Waals surface area contributed by atoms with Gasteiger partial charge in [0.2, 0.25) is 0 Å². The maximum Gasteiger partial charge on any atom is 0.118 e. The molecule has 0 radical (unpaired) electrons. The van der Waals surface area contributed by atoms with Crippen LogP contribution in [0.1, 0.15) is 65.0 Å². The average molecular weight is 363 g/mol. The predicted molar refractivity (Wildman–Crippen MR) is 119 cm³/mol. The van der Waals surface area contributed by atoms with Crippen LogP contribution in [0.5, 0.6) is 5.75 Å². The average Bonchev–Trinajstić information content (AvgIpc) is 2.57. The number of benzene rings is 1. The molecule has 1 aliphatic rings. The topological polar surface area (TPSA) is 20.2 Å². The van der Waals surface area contributed by atoms with Gasteiger partial charge in [-0.05, 0) is 81.2 Å². The highest BCUT2D eigenvalue weighted by molar-refractivity contribution is 5.57. The summed E-state index contributed by atoms with van der Waals surface area (Å²) in [7, 11) is 0. The van der Waals surface area contributed by atoms with E-state index in [1.165, 1.54) is 41.6 Å². The van der Waals surface area contributed by atoms with Crippen molar-refractivity contribution in [2.24, 2.45) is 5.41 Å². The third kappa shape index (κ3) is 6.13. The normalized spacial score (nSPS) is 18.7. The number of aromatic hydroxyl groups is 1. The number of hydrogen-bond acceptors (Lipinski definition) is 1. The molecule has 0 atom stereocenters. The van der Waals surface area contributed by atoms with Gasteiger partial charge in [0.15, 0.2) is 0 Å². The van der Waals surface area contributed by atoms with Gasteiger partial charge in [-0.1, -0.05) is 73.1 Å². The lowest BCUT2D eigenvalue weighted by atomic mass is 9.72. The Kier molecular flexibility index (Phi) is 7.07. The van der Waals surface area contributed by atoms with Crippen molar-refractivity contribution in [1.82, 2.24) is 0 Å². The summed E-state index contributed by atoms with van der Waals surface area (Å²) in [5, 5.41) is 9.62. The van der Waals surface area contributed by atoms with Crippen molar-refractivity contribution in [3.63, 3.8) is 0 Å². The number of rotatable bonds is 5. The minimum Gasteiger partial charge on any atom is -0.508 e. The summed E-state index contributed by atoms with van der Waals surface area (Å²) < 4.78 is 0. The Morgan fingerprint density at radius 2 is 1.81 bits per heavy atom. The molecule has 1 N–H and O–H groups in total. The molecule has 1 aliphatic carbocycles. The van der Waals surface area contributed by atoms with Gasteiger partial charge in [0.1, 0.15) is 5.75 Å². The van der Waals surface area contributed by atoms with Gasteiger partial charge in [-0.25, -0.2) is 0 Å². The van der Waals surface area contributed by atoms with Crippen LogP contribution in [0.3, 0.4) is 0 Å². The molecule has 1 aromatic carbocycles. The van der Waals surface area contributed by atoms with Gasteiger partial charge in [-0.15, -0.1) is 0 Å². The number of phenols is 1. The Hall–Kier alpha value is -2.28. The first-order valence-electron chi connectivity index (χ1n) is 9.90. The van der Waals surface area contributed by atoms with Crippen LogP contribution in [0.25, 0.3) is 6.08 Å². The Morgan fingerprint density at radius 3 is 2.48 bits per heavy atom. The Bertz CT molecular complexity index is 826. The van der Waals surface area contributed by atoms with E-state index in [1.54, 1.807) is 6.07 Å². The summed E-state index contributed by atoms with van der Waals surface area (Å²) >= 11 is 0. The van der Waals surface area contributed by atoms with Gasteiger partial charge in [0.05, 0.1) is 0 Å². The zero-order valence-corrected chi connectivity index (χ0v) is 17.8. The van der Waals surface area contributed by atoms with Crippen molar-refractivity contribution in [2.75, 3.05) is 0 Å². The lowest BCUT2D eigenvalue weighted by molar-refractivity contribution is 0.377. The zero-order valence-electron chi connectivity index (χ0n) is 17.8. The molecular weight excluding hydrogens is 328 g/mol. The fourth-order valence-electron chi connectivity index (χ4n) is 3.71. The van der Waals surface area contributed by atoms with Gasteiger partial charge in [0, 0.05) is 0 Å². The largest absolute Gasteiger partial charge is 0.508 e. The van der Waals surface area contributed by atoms with Crippen molar-refractivity contribution in [3.8, 4) is 5.75 Å². The van der Waals surface area contributed by atoms with Crippen LogP contribution < -0.4 is 0 Å². The summed E-state index contributed by atoms with van der Waals surface area (Å²) in [5.74, 6) is 0.345. The lowest BCUT2D eigenvalue weighted by Crippen LogP contribution is -2.19. The minimum absolute atomic E-state index is 0.288. The van der Waals surface area contributed by atoms with E-state index in [9.17, 15) is 5.11 Å². The third-order valence-corrected chi connectivity index (χ3v) is 5.39. The van der Waals surface area contributed by atoms with Crippen molar-refractivity contribution in [3.05, 3.63) is 82.0 Å². The molecule has 0 unspecified atom stereocenters. The van der Waals surface area contributed by atoms with Crippen molar-refractivity contribution in [2.45, 2.75) is 60.8 Å². The maximum atomic E-state index is 9.62. The molecule has 1 aromatic rings. The molecule has 1 nitrogen and oxygen atoms in total. The smallest absolute Gasteiger partial charge is 0.118 e. The van der Waals surface area contributed by atoms with Crippen molar-refractivity contribution in [1.29, 1.82) is 0 Å². The van der Waals surface area contributed by atoms with Gasteiger partial charge < -0.3 is 5.11 Å². The molecule has 0 saturated carbocycles. The fourth-order valence-corrected chi connectivity index (χ4v) is 3.71. The Balaban J connectivity index is 2.05. The first-order valence-corrected chi connectivity index (χ1v) is 9.90. The molecule has 144 valence electrons. The van der Waals surface area contributed by atoms with Gasteiger partial charge in [0.25, 0.3) is 0 Å². The van der Waals surface area contributed by atoms with E-state index in [4.69, 9.17) is 0 Å². The second kappa shape index (κ2) is 9.08. The minimum atomic E-state index is 0.288. The molecule has 0 saturated heterocycles. The molecule has 0 spiro atoms. The molecule has 2 rings (SSSR count). The molecule has 0 amide bonds. The van der Waals surface area contributed by atoms with E-state index in [0.29, 0.717) is 5.75 Å². The molecule has 0 heterocycles. The van der Waals surface area contributed by atoms with E-state index >= 15 is 0 Å². The van der Waals surface area contributed by atoms with Crippen molar-refractivity contribution >= 4 is 6.08 Å². The summed E-state index contributed by atoms with van der Waals surface area (Å²) in [4.78, 5) is 0. The van der Waals surface area contributed by atoms with E-state index < -0.39 is 0 Å². The number of aryl methyl sites for hydroxylation is 1. The lowest BCUT2D eigenvalue weighted by Gasteiger charge is -2.32. The molecule has 0 aliphatic heterocycles. The van der Waals surface area contributed by atoms with E-state index in [1.807, 2.05) is 19.1 Å². The first-order chi connectivity index (χ1) is 12.7. The molecule has 0 aromatic heterocycles. The van der Waals surface area contributed by atoms with Crippen LogP contribution in [0.4, 0.5) is 0 Å². The van der Waals surface area contributed by atoms with E-state index in [0.717, 1.165) is 11.1 Å². The highest BCUT2D eigenvalue weighted by atomic mass is 16.3. The highest BCUT2D eigenvalue weighted by Gasteiger charge is 2.26. The monoisotopic (exact) mass is 362 g/mol. The second-order valence-corrected chi connectivity index (χ2v) is 8.47. The molecule has 0 fully saturated rings. The van der Waals surface area contributed by atoms with Crippen LogP contribution in [0.2, 0.25) is 0 Å². The summed E-state index contributed by atoms with van der Waals surface area (Å²) in [6.07, 6.45) is 16.9. The van der Waals surface area contributed by atoms with Gasteiger partial charge >= 0.3 is 0 Å². The number of phenolic OH excluding ortho intramolecular Hbond substituents is 1. The van der Waals surface area contributed by atoms with Crippen LogP contribution >= 0.6 is 0 Å². The molecule has 27 heavy (non-hydrogen) atoms. The van der Waals surface area contributed by atoms with E-state index in [2.05, 4.69) is 71.1 Å². The highest BCUT2D eigenvalue weighted by Crippen LogP contribution is 2.40.